The highest BCUT2D eigenvalue weighted by Gasteiger charge is 2.22. The van der Waals surface area contributed by atoms with Crippen molar-refractivity contribution < 1.29 is 9.53 Å². The van der Waals surface area contributed by atoms with Crippen LogP contribution in [0, 0.1) is 5.92 Å². The predicted octanol–water partition coefficient (Wildman–Crippen LogP) is 3.53. The number of ether oxygens (including phenoxy) is 1. The van der Waals surface area contributed by atoms with E-state index in [1.807, 2.05) is 12.1 Å². The summed E-state index contributed by atoms with van der Waals surface area (Å²) in [5, 5.41) is 0.983. The van der Waals surface area contributed by atoms with Gasteiger partial charge < -0.3 is 4.74 Å². The highest BCUT2D eigenvalue weighted by Crippen LogP contribution is 2.27. The average molecular weight is 273 g/mol. The van der Waals surface area contributed by atoms with E-state index in [4.69, 9.17) is 27.9 Å². The van der Waals surface area contributed by atoms with Crippen LogP contribution in [0.4, 0.5) is 0 Å². The first-order chi connectivity index (χ1) is 8.18. The van der Waals surface area contributed by atoms with Crippen molar-refractivity contribution in [3.8, 4) is 0 Å². The predicted molar refractivity (Wildman–Crippen MR) is 68.7 cm³/mol. The summed E-state index contributed by atoms with van der Waals surface area (Å²) in [5.74, 6) is 0.202. The van der Waals surface area contributed by atoms with Gasteiger partial charge in [0.2, 0.25) is 0 Å². The standard InChI is InChI=1S/C13H14Cl2O2/c14-11-5-1-3-9(13(11)15)7-12(16)10-4-2-6-17-8-10/h1,3,5,10H,2,4,6-8H2. The van der Waals surface area contributed by atoms with Gasteiger partial charge in [0, 0.05) is 18.9 Å². The molecule has 0 saturated carbocycles. The fourth-order valence-electron chi connectivity index (χ4n) is 2.01. The molecule has 1 heterocycles. The van der Waals surface area contributed by atoms with E-state index in [-0.39, 0.29) is 11.7 Å². The van der Waals surface area contributed by atoms with Crippen LogP contribution in [0.1, 0.15) is 18.4 Å². The Morgan fingerprint density at radius 1 is 1.41 bits per heavy atom. The topological polar surface area (TPSA) is 26.3 Å². The molecule has 2 nitrogen and oxygen atoms in total. The normalized spacial score (nSPS) is 20.2. The number of ketones is 1. The Labute approximate surface area is 111 Å². The van der Waals surface area contributed by atoms with Crippen LogP contribution in [0.15, 0.2) is 18.2 Å². The summed E-state index contributed by atoms with van der Waals surface area (Å²) in [7, 11) is 0. The molecule has 4 heteroatoms. The van der Waals surface area contributed by atoms with Gasteiger partial charge in [-0.05, 0) is 24.5 Å². The van der Waals surface area contributed by atoms with Gasteiger partial charge in [0.25, 0.3) is 0 Å². The van der Waals surface area contributed by atoms with E-state index in [1.54, 1.807) is 6.07 Å². The smallest absolute Gasteiger partial charge is 0.142 e. The molecule has 0 aromatic heterocycles. The van der Waals surface area contributed by atoms with E-state index >= 15 is 0 Å². The largest absolute Gasteiger partial charge is 0.381 e. The Bertz CT molecular complexity index is 412. The molecule has 1 aromatic carbocycles. The maximum absolute atomic E-state index is 12.0. The van der Waals surface area contributed by atoms with Crippen LogP contribution >= 0.6 is 23.2 Å². The monoisotopic (exact) mass is 272 g/mol. The van der Waals surface area contributed by atoms with Gasteiger partial charge in [-0.3, -0.25) is 4.79 Å². The Morgan fingerprint density at radius 3 is 2.94 bits per heavy atom. The summed E-state index contributed by atoms with van der Waals surface area (Å²) in [5.41, 5.74) is 0.801. The molecule has 0 radical (unpaired) electrons. The first kappa shape index (κ1) is 12.9. The molecule has 1 aromatic rings. The van der Waals surface area contributed by atoms with E-state index in [0.717, 1.165) is 25.0 Å². The molecule has 0 aliphatic carbocycles. The number of carbonyl (C=O) groups is 1. The summed E-state index contributed by atoms with van der Waals surface area (Å²) in [6.45, 7) is 1.30. The third-order valence-electron chi connectivity index (χ3n) is 3.01. The minimum Gasteiger partial charge on any atom is -0.381 e. The summed E-state index contributed by atoms with van der Waals surface area (Å²) >= 11 is 12.0. The summed E-state index contributed by atoms with van der Waals surface area (Å²) < 4.78 is 5.32. The second kappa shape index (κ2) is 5.85. The van der Waals surface area contributed by atoms with Crippen molar-refractivity contribution in [3.05, 3.63) is 33.8 Å². The molecule has 1 saturated heterocycles. The molecule has 1 fully saturated rings. The van der Waals surface area contributed by atoms with Gasteiger partial charge in [0.05, 0.1) is 16.7 Å². The van der Waals surface area contributed by atoms with Crippen molar-refractivity contribution in [3.63, 3.8) is 0 Å². The quantitative estimate of drug-likeness (QED) is 0.842. The molecule has 2 rings (SSSR count). The van der Waals surface area contributed by atoms with Gasteiger partial charge in [-0.2, -0.15) is 0 Å². The zero-order chi connectivity index (χ0) is 12.3. The fraction of sp³-hybridized carbons (Fsp3) is 0.462. The fourth-order valence-corrected chi connectivity index (χ4v) is 2.40. The van der Waals surface area contributed by atoms with Gasteiger partial charge in [-0.1, -0.05) is 35.3 Å². The van der Waals surface area contributed by atoms with Gasteiger partial charge in [-0.25, -0.2) is 0 Å². The van der Waals surface area contributed by atoms with Crippen LogP contribution in [0.25, 0.3) is 0 Å². The SMILES string of the molecule is O=C(Cc1cccc(Cl)c1Cl)C1CCCOC1. The van der Waals surface area contributed by atoms with Crippen molar-refractivity contribution in [2.24, 2.45) is 5.92 Å². The number of halogens is 2. The van der Waals surface area contributed by atoms with E-state index in [2.05, 4.69) is 0 Å². The van der Waals surface area contributed by atoms with E-state index < -0.39 is 0 Å². The maximum atomic E-state index is 12.0. The first-order valence-electron chi connectivity index (χ1n) is 5.72. The van der Waals surface area contributed by atoms with E-state index in [1.165, 1.54) is 0 Å². The lowest BCUT2D eigenvalue weighted by molar-refractivity contribution is -0.126. The molecule has 1 unspecified atom stereocenters. The summed E-state index contributed by atoms with van der Waals surface area (Å²) in [4.78, 5) is 12.0. The molecule has 0 N–H and O–H groups in total. The number of rotatable bonds is 3. The van der Waals surface area contributed by atoms with Crippen molar-refractivity contribution in [2.75, 3.05) is 13.2 Å². The van der Waals surface area contributed by atoms with Gasteiger partial charge in [0.15, 0.2) is 0 Å². The minimum atomic E-state index is 0.0128. The molecule has 92 valence electrons. The molecule has 17 heavy (non-hydrogen) atoms. The van der Waals surface area contributed by atoms with Crippen LogP contribution in [0.2, 0.25) is 10.0 Å². The lowest BCUT2D eigenvalue weighted by atomic mass is 9.93. The van der Waals surface area contributed by atoms with Crippen molar-refractivity contribution in [1.29, 1.82) is 0 Å². The number of benzene rings is 1. The third kappa shape index (κ3) is 3.21. The van der Waals surface area contributed by atoms with Gasteiger partial charge in [-0.15, -0.1) is 0 Å². The molecular formula is C13H14Cl2O2. The third-order valence-corrected chi connectivity index (χ3v) is 3.87. The van der Waals surface area contributed by atoms with Crippen molar-refractivity contribution in [2.45, 2.75) is 19.3 Å². The maximum Gasteiger partial charge on any atom is 0.142 e. The molecule has 1 aliphatic heterocycles. The number of Topliss-reactive ketones (excluding diaryl/α,β-unsaturated/α-hetero) is 1. The first-order valence-corrected chi connectivity index (χ1v) is 6.47. The van der Waals surface area contributed by atoms with Crippen LogP contribution in [0.3, 0.4) is 0 Å². The van der Waals surface area contributed by atoms with Gasteiger partial charge >= 0.3 is 0 Å². The van der Waals surface area contributed by atoms with Crippen molar-refractivity contribution in [1.82, 2.24) is 0 Å². The van der Waals surface area contributed by atoms with Crippen molar-refractivity contribution >= 4 is 29.0 Å². The van der Waals surface area contributed by atoms with E-state index in [0.29, 0.717) is 23.1 Å². The molecule has 1 aliphatic rings. The van der Waals surface area contributed by atoms with Gasteiger partial charge in [0.1, 0.15) is 5.78 Å². The Kier molecular flexibility index (Phi) is 4.43. The second-order valence-corrected chi connectivity index (χ2v) is 5.06. The second-order valence-electron chi connectivity index (χ2n) is 4.27. The Morgan fingerprint density at radius 2 is 2.24 bits per heavy atom. The lowest BCUT2D eigenvalue weighted by Gasteiger charge is -2.21. The zero-order valence-corrected chi connectivity index (χ0v) is 10.9. The summed E-state index contributed by atoms with van der Waals surface area (Å²) in [6, 6.07) is 5.38. The molecule has 0 bridgehead atoms. The summed E-state index contributed by atoms with van der Waals surface area (Å²) in [6.07, 6.45) is 2.21. The number of hydrogen-bond donors (Lipinski definition) is 0. The molecule has 0 spiro atoms. The van der Waals surface area contributed by atoms with Crippen LogP contribution in [-0.2, 0) is 16.0 Å². The highest BCUT2D eigenvalue weighted by atomic mass is 35.5. The minimum absolute atomic E-state index is 0.0128. The highest BCUT2D eigenvalue weighted by molar-refractivity contribution is 6.42. The van der Waals surface area contributed by atoms with Crippen LogP contribution in [-0.4, -0.2) is 19.0 Å². The molecule has 1 atom stereocenters. The van der Waals surface area contributed by atoms with E-state index in [9.17, 15) is 4.79 Å². The van der Waals surface area contributed by atoms with Crippen LogP contribution in [0.5, 0.6) is 0 Å². The number of hydrogen-bond acceptors (Lipinski definition) is 2. The average Bonchev–Trinajstić information content (AvgIpc) is 2.36. The molecule has 0 amide bonds. The Hall–Kier alpha value is -0.570. The number of carbonyl (C=O) groups excluding carboxylic acids is 1. The lowest BCUT2D eigenvalue weighted by Crippen LogP contribution is -2.26. The van der Waals surface area contributed by atoms with Crippen LogP contribution < -0.4 is 0 Å². The Balaban J connectivity index is 2.04. The molecular weight excluding hydrogens is 259 g/mol. The zero-order valence-electron chi connectivity index (χ0n) is 9.42.